The van der Waals surface area contributed by atoms with Gasteiger partial charge in [-0.3, -0.25) is 0 Å². The zero-order valence-corrected chi connectivity index (χ0v) is 12.1. The molecule has 1 fully saturated rings. The number of aryl methyl sites for hydroxylation is 1. The molecule has 102 valence electrons. The molecule has 1 N–H and O–H groups in total. The second-order valence-corrected chi connectivity index (χ2v) is 5.74. The summed E-state index contributed by atoms with van der Waals surface area (Å²) in [5.74, 6) is 1.08. The van der Waals surface area contributed by atoms with Gasteiger partial charge in [-0.15, -0.1) is 0 Å². The summed E-state index contributed by atoms with van der Waals surface area (Å²) in [5, 5.41) is 3.58. The van der Waals surface area contributed by atoms with Gasteiger partial charge in [0.15, 0.2) is 0 Å². The number of rotatable bonds is 5. The molecular formula is C15H27N3. The third-order valence-electron chi connectivity index (χ3n) is 3.92. The number of nitrogens with zero attached hydrogens (tertiary/aromatic N) is 2. The lowest BCUT2D eigenvalue weighted by Crippen LogP contribution is -2.21. The van der Waals surface area contributed by atoms with Gasteiger partial charge in [-0.1, -0.05) is 32.6 Å². The molecular weight excluding hydrogens is 222 g/mol. The van der Waals surface area contributed by atoms with Crippen molar-refractivity contribution in [2.75, 3.05) is 5.32 Å². The maximum Gasteiger partial charge on any atom is 0.203 e. The van der Waals surface area contributed by atoms with Gasteiger partial charge < -0.3 is 9.88 Å². The van der Waals surface area contributed by atoms with Crippen LogP contribution in [-0.4, -0.2) is 15.6 Å². The number of hydrogen-bond donors (Lipinski definition) is 1. The standard InChI is InChI=1S/C15H27N3/c1-4-8-12(2)16-15-17-13(3)11-18(15)14-9-6-5-7-10-14/h11-12,14H,4-10H2,1-3H3,(H,16,17). The summed E-state index contributed by atoms with van der Waals surface area (Å²) in [6.07, 6.45) is 11.4. The Bertz CT molecular complexity index is 364. The van der Waals surface area contributed by atoms with Crippen LogP contribution in [0.2, 0.25) is 0 Å². The molecule has 0 radical (unpaired) electrons. The van der Waals surface area contributed by atoms with Crippen LogP contribution in [0.25, 0.3) is 0 Å². The Labute approximate surface area is 111 Å². The second kappa shape index (κ2) is 6.26. The van der Waals surface area contributed by atoms with Crippen molar-refractivity contribution in [2.45, 2.75) is 77.8 Å². The van der Waals surface area contributed by atoms with E-state index in [2.05, 4.69) is 41.8 Å². The lowest BCUT2D eigenvalue weighted by atomic mass is 9.95. The van der Waals surface area contributed by atoms with Crippen LogP contribution in [-0.2, 0) is 0 Å². The van der Waals surface area contributed by atoms with Crippen molar-refractivity contribution in [1.82, 2.24) is 9.55 Å². The third-order valence-corrected chi connectivity index (χ3v) is 3.92. The monoisotopic (exact) mass is 249 g/mol. The van der Waals surface area contributed by atoms with Crippen molar-refractivity contribution in [1.29, 1.82) is 0 Å². The summed E-state index contributed by atoms with van der Waals surface area (Å²) in [7, 11) is 0. The molecule has 1 aromatic rings. The lowest BCUT2D eigenvalue weighted by molar-refractivity contribution is 0.355. The molecule has 1 heterocycles. The molecule has 1 aliphatic rings. The highest BCUT2D eigenvalue weighted by Crippen LogP contribution is 2.31. The lowest BCUT2D eigenvalue weighted by Gasteiger charge is -2.25. The molecule has 0 bridgehead atoms. The topological polar surface area (TPSA) is 29.9 Å². The van der Waals surface area contributed by atoms with Crippen LogP contribution in [0.3, 0.4) is 0 Å². The number of hydrogen-bond acceptors (Lipinski definition) is 2. The number of aromatic nitrogens is 2. The maximum atomic E-state index is 4.66. The van der Waals surface area contributed by atoms with E-state index in [1.54, 1.807) is 0 Å². The van der Waals surface area contributed by atoms with E-state index in [-0.39, 0.29) is 0 Å². The molecule has 3 heteroatoms. The Morgan fingerprint density at radius 1 is 1.39 bits per heavy atom. The number of anilines is 1. The number of nitrogens with one attached hydrogen (secondary N) is 1. The Hall–Kier alpha value is -0.990. The van der Waals surface area contributed by atoms with Gasteiger partial charge >= 0.3 is 0 Å². The van der Waals surface area contributed by atoms with Crippen LogP contribution in [0.1, 0.15) is 70.5 Å². The molecule has 1 atom stereocenters. The maximum absolute atomic E-state index is 4.66. The SMILES string of the molecule is CCCC(C)Nc1nc(C)cn1C1CCCCC1. The van der Waals surface area contributed by atoms with E-state index in [4.69, 9.17) is 0 Å². The molecule has 0 saturated heterocycles. The zero-order valence-electron chi connectivity index (χ0n) is 12.1. The minimum absolute atomic E-state index is 0.513. The molecule has 18 heavy (non-hydrogen) atoms. The Kier molecular flexibility index (Phi) is 4.67. The van der Waals surface area contributed by atoms with E-state index in [1.807, 2.05) is 0 Å². The van der Waals surface area contributed by atoms with E-state index >= 15 is 0 Å². The minimum Gasteiger partial charge on any atom is -0.353 e. The Morgan fingerprint density at radius 3 is 2.78 bits per heavy atom. The van der Waals surface area contributed by atoms with Crippen molar-refractivity contribution in [3.8, 4) is 0 Å². The van der Waals surface area contributed by atoms with Gasteiger partial charge in [0.1, 0.15) is 0 Å². The van der Waals surface area contributed by atoms with Gasteiger partial charge in [-0.25, -0.2) is 4.98 Å². The molecule has 1 aromatic heterocycles. The summed E-state index contributed by atoms with van der Waals surface area (Å²) < 4.78 is 2.39. The Balaban J connectivity index is 2.09. The quantitative estimate of drug-likeness (QED) is 0.843. The fourth-order valence-electron chi connectivity index (χ4n) is 2.99. The van der Waals surface area contributed by atoms with Crippen LogP contribution in [0.4, 0.5) is 5.95 Å². The van der Waals surface area contributed by atoms with Gasteiger partial charge in [0, 0.05) is 18.3 Å². The predicted octanol–water partition coefficient (Wildman–Crippen LogP) is 4.30. The Morgan fingerprint density at radius 2 is 2.11 bits per heavy atom. The van der Waals surface area contributed by atoms with Crippen molar-refractivity contribution in [3.05, 3.63) is 11.9 Å². The molecule has 3 nitrogen and oxygen atoms in total. The summed E-state index contributed by atoms with van der Waals surface area (Å²) in [6.45, 7) is 6.57. The van der Waals surface area contributed by atoms with Gasteiger partial charge in [-0.2, -0.15) is 0 Å². The van der Waals surface area contributed by atoms with Gasteiger partial charge in [0.25, 0.3) is 0 Å². The van der Waals surface area contributed by atoms with Gasteiger partial charge in [-0.05, 0) is 33.1 Å². The van der Waals surface area contributed by atoms with Crippen LogP contribution in [0.5, 0.6) is 0 Å². The zero-order chi connectivity index (χ0) is 13.0. The van der Waals surface area contributed by atoms with E-state index in [0.29, 0.717) is 12.1 Å². The van der Waals surface area contributed by atoms with Crippen molar-refractivity contribution in [3.63, 3.8) is 0 Å². The van der Waals surface area contributed by atoms with Gasteiger partial charge in [0.05, 0.1) is 5.69 Å². The van der Waals surface area contributed by atoms with Crippen LogP contribution < -0.4 is 5.32 Å². The normalized spacial score (nSPS) is 18.8. The average molecular weight is 249 g/mol. The summed E-state index contributed by atoms with van der Waals surface area (Å²) in [5.41, 5.74) is 1.13. The number of imidazole rings is 1. The molecule has 0 aliphatic heterocycles. The first-order valence-electron chi connectivity index (χ1n) is 7.52. The first-order chi connectivity index (χ1) is 8.70. The average Bonchev–Trinajstić information content (AvgIpc) is 2.71. The molecule has 0 amide bonds. The van der Waals surface area contributed by atoms with E-state index in [1.165, 1.54) is 44.9 Å². The molecule has 1 saturated carbocycles. The summed E-state index contributed by atoms with van der Waals surface area (Å²) >= 11 is 0. The fourth-order valence-corrected chi connectivity index (χ4v) is 2.99. The van der Waals surface area contributed by atoms with Gasteiger partial charge in [0.2, 0.25) is 5.95 Å². The third kappa shape index (κ3) is 3.27. The highest BCUT2D eigenvalue weighted by Gasteiger charge is 2.19. The van der Waals surface area contributed by atoms with E-state index in [0.717, 1.165) is 11.6 Å². The van der Waals surface area contributed by atoms with E-state index < -0.39 is 0 Å². The first-order valence-corrected chi connectivity index (χ1v) is 7.52. The molecule has 1 aliphatic carbocycles. The minimum atomic E-state index is 0.513. The van der Waals surface area contributed by atoms with Crippen molar-refractivity contribution >= 4 is 5.95 Å². The van der Waals surface area contributed by atoms with Crippen molar-refractivity contribution in [2.24, 2.45) is 0 Å². The largest absolute Gasteiger partial charge is 0.353 e. The second-order valence-electron chi connectivity index (χ2n) is 5.74. The van der Waals surface area contributed by atoms with Crippen molar-refractivity contribution < 1.29 is 0 Å². The van der Waals surface area contributed by atoms with Crippen LogP contribution in [0, 0.1) is 6.92 Å². The van der Waals surface area contributed by atoms with Crippen LogP contribution >= 0.6 is 0 Å². The summed E-state index contributed by atoms with van der Waals surface area (Å²) in [6, 6.07) is 1.18. The molecule has 0 aromatic carbocycles. The molecule has 1 unspecified atom stereocenters. The highest BCUT2D eigenvalue weighted by atomic mass is 15.2. The molecule has 0 spiro atoms. The first kappa shape index (κ1) is 13.4. The smallest absolute Gasteiger partial charge is 0.203 e. The fraction of sp³-hybridized carbons (Fsp3) is 0.800. The van der Waals surface area contributed by atoms with Crippen LogP contribution in [0.15, 0.2) is 6.20 Å². The predicted molar refractivity (Wildman–Crippen MR) is 77.1 cm³/mol. The molecule has 2 rings (SSSR count). The highest BCUT2D eigenvalue weighted by molar-refractivity contribution is 5.30. The summed E-state index contributed by atoms with van der Waals surface area (Å²) in [4.78, 5) is 4.66. The van der Waals surface area contributed by atoms with E-state index in [9.17, 15) is 0 Å².